The van der Waals surface area contributed by atoms with E-state index in [0.717, 1.165) is 0 Å². The van der Waals surface area contributed by atoms with Gasteiger partial charge in [-0.1, -0.05) is 23.2 Å². The molecule has 0 unspecified atom stereocenters. The van der Waals surface area contributed by atoms with Crippen LogP contribution in [0.5, 0.6) is 0 Å². The molecule has 0 saturated heterocycles. The van der Waals surface area contributed by atoms with Crippen molar-refractivity contribution in [2.24, 2.45) is 0 Å². The van der Waals surface area contributed by atoms with E-state index in [1.807, 2.05) is 0 Å². The van der Waals surface area contributed by atoms with Crippen molar-refractivity contribution < 1.29 is 14.0 Å². The Bertz CT molecular complexity index is 718. The highest BCUT2D eigenvalue weighted by molar-refractivity contribution is 6.34. The molecular weight excluding hydrogens is 327 g/mol. The number of hydrogen-bond acceptors (Lipinski definition) is 3. The maximum Gasteiger partial charge on any atom is 0.273 e. The van der Waals surface area contributed by atoms with E-state index in [1.165, 1.54) is 24.5 Å². The minimum absolute atomic E-state index is 0.353. The first-order valence-electron chi connectivity index (χ1n) is 6.24. The molecule has 0 saturated carbocycles. The van der Waals surface area contributed by atoms with Crippen molar-refractivity contribution in [3.63, 3.8) is 0 Å². The molecule has 7 heteroatoms. The Balaban J connectivity index is 1.91. The van der Waals surface area contributed by atoms with Crippen LogP contribution in [-0.4, -0.2) is 11.8 Å². The molecule has 0 bridgehead atoms. The normalized spacial score (nSPS) is 10.7. The van der Waals surface area contributed by atoms with Crippen LogP contribution in [0.2, 0.25) is 10.0 Å². The molecule has 0 aliphatic heterocycles. The van der Waals surface area contributed by atoms with E-state index < -0.39 is 11.8 Å². The molecule has 1 aromatic carbocycles. The van der Waals surface area contributed by atoms with Gasteiger partial charge in [0, 0.05) is 16.1 Å². The highest BCUT2D eigenvalue weighted by Gasteiger charge is 2.11. The second-order valence-corrected chi connectivity index (χ2v) is 5.24. The second kappa shape index (κ2) is 7.15. The molecule has 2 rings (SSSR count). The van der Waals surface area contributed by atoms with Gasteiger partial charge in [-0.15, -0.1) is 0 Å². The van der Waals surface area contributed by atoms with Gasteiger partial charge in [0.25, 0.3) is 11.8 Å². The van der Waals surface area contributed by atoms with E-state index >= 15 is 0 Å². The molecule has 1 heterocycles. The molecule has 22 heavy (non-hydrogen) atoms. The van der Waals surface area contributed by atoms with Crippen LogP contribution < -0.4 is 10.9 Å². The minimum Gasteiger partial charge on any atom is -0.469 e. The summed E-state index contributed by atoms with van der Waals surface area (Å²) in [6, 6.07) is 6.42. The molecule has 2 N–H and O–H groups in total. The van der Waals surface area contributed by atoms with Gasteiger partial charge in [-0.05, 0) is 42.8 Å². The zero-order valence-electron chi connectivity index (χ0n) is 11.5. The number of amides is 2. The van der Waals surface area contributed by atoms with Crippen LogP contribution in [0, 0.1) is 6.92 Å². The average Bonchev–Trinajstić information content (AvgIpc) is 2.88. The summed E-state index contributed by atoms with van der Waals surface area (Å²) in [5.74, 6) is -0.486. The average molecular weight is 339 g/mol. The lowest BCUT2D eigenvalue weighted by atomic mass is 10.2. The fraction of sp³-hybridized carbons (Fsp3) is 0.0667. The van der Waals surface area contributed by atoms with Gasteiger partial charge in [-0.25, -0.2) is 0 Å². The standard InChI is InChI=1S/C15H12Cl2N2O3/c1-9-13(4-5-22-9)15(21)19-18-14(20)3-2-10-6-11(16)8-12(17)7-10/h2-8H,1H3,(H,18,20)(H,19,21)/b3-2+. The quantitative estimate of drug-likeness (QED) is 0.665. The van der Waals surface area contributed by atoms with Gasteiger partial charge in [-0.2, -0.15) is 0 Å². The predicted molar refractivity (Wildman–Crippen MR) is 84.5 cm³/mol. The first-order chi connectivity index (χ1) is 10.5. The molecule has 0 atom stereocenters. The summed E-state index contributed by atoms with van der Waals surface area (Å²) in [6.07, 6.45) is 4.18. The highest BCUT2D eigenvalue weighted by Crippen LogP contribution is 2.19. The van der Waals surface area contributed by atoms with Crippen LogP contribution >= 0.6 is 23.2 Å². The van der Waals surface area contributed by atoms with Gasteiger partial charge < -0.3 is 4.42 Å². The third kappa shape index (κ3) is 4.38. The fourth-order valence-electron chi connectivity index (χ4n) is 1.69. The Morgan fingerprint density at radius 2 is 1.82 bits per heavy atom. The summed E-state index contributed by atoms with van der Waals surface area (Å²) in [7, 11) is 0. The first kappa shape index (κ1) is 16.1. The van der Waals surface area contributed by atoms with Gasteiger partial charge >= 0.3 is 0 Å². The van der Waals surface area contributed by atoms with Gasteiger partial charge in [0.1, 0.15) is 5.76 Å². The van der Waals surface area contributed by atoms with E-state index in [9.17, 15) is 9.59 Å². The molecule has 0 fully saturated rings. The zero-order chi connectivity index (χ0) is 16.1. The Labute approximate surface area is 136 Å². The van der Waals surface area contributed by atoms with Crippen LogP contribution in [-0.2, 0) is 4.79 Å². The third-order valence-corrected chi connectivity index (χ3v) is 3.15. The number of rotatable bonds is 3. The molecule has 1 aromatic heterocycles. The van der Waals surface area contributed by atoms with Crippen LogP contribution in [0.1, 0.15) is 21.7 Å². The summed E-state index contributed by atoms with van der Waals surface area (Å²) in [4.78, 5) is 23.4. The minimum atomic E-state index is -0.495. The van der Waals surface area contributed by atoms with Crippen molar-refractivity contribution in [1.82, 2.24) is 10.9 Å². The number of aryl methyl sites for hydroxylation is 1. The van der Waals surface area contributed by atoms with Gasteiger partial charge in [0.15, 0.2) is 0 Å². The molecule has 5 nitrogen and oxygen atoms in total. The third-order valence-electron chi connectivity index (χ3n) is 2.71. The van der Waals surface area contributed by atoms with Crippen LogP contribution in [0.3, 0.4) is 0 Å². The second-order valence-electron chi connectivity index (χ2n) is 4.37. The number of nitrogens with one attached hydrogen (secondary N) is 2. The van der Waals surface area contributed by atoms with Crippen molar-refractivity contribution in [2.75, 3.05) is 0 Å². The predicted octanol–water partition coefficient (Wildman–Crippen LogP) is 3.37. The number of halogens is 2. The van der Waals surface area contributed by atoms with Gasteiger partial charge in [0.2, 0.25) is 0 Å². The number of hydrazine groups is 1. The van der Waals surface area contributed by atoms with E-state index in [1.54, 1.807) is 25.1 Å². The Kier molecular flexibility index (Phi) is 5.25. The van der Waals surface area contributed by atoms with Gasteiger partial charge in [-0.3, -0.25) is 20.4 Å². The summed E-state index contributed by atoms with van der Waals surface area (Å²) < 4.78 is 5.01. The Morgan fingerprint density at radius 1 is 1.14 bits per heavy atom. The summed E-state index contributed by atoms with van der Waals surface area (Å²) in [5, 5.41) is 0.938. The first-order valence-corrected chi connectivity index (χ1v) is 7.00. The number of hydrogen-bond donors (Lipinski definition) is 2. The topological polar surface area (TPSA) is 71.3 Å². The largest absolute Gasteiger partial charge is 0.469 e. The molecule has 0 radical (unpaired) electrons. The summed E-state index contributed by atoms with van der Waals surface area (Å²) >= 11 is 11.7. The lowest BCUT2D eigenvalue weighted by Crippen LogP contribution is -2.40. The molecule has 0 aliphatic rings. The van der Waals surface area contributed by atoms with Gasteiger partial charge in [0.05, 0.1) is 11.8 Å². The number of carbonyl (C=O) groups excluding carboxylic acids is 2. The van der Waals surface area contributed by atoms with Crippen LogP contribution in [0.4, 0.5) is 0 Å². The Morgan fingerprint density at radius 3 is 2.41 bits per heavy atom. The SMILES string of the molecule is Cc1occc1C(=O)NNC(=O)/C=C/c1cc(Cl)cc(Cl)c1. The van der Waals surface area contributed by atoms with Crippen LogP contribution in [0.15, 0.2) is 41.0 Å². The van der Waals surface area contributed by atoms with E-state index in [-0.39, 0.29) is 0 Å². The monoisotopic (exact) mass is 338 g/mol. The van der Waals surface area contributed by atoms with E-state index in [0.29, 0.717) is 26.9 Å². The number of benzene rings is 1. The van der Waals surface area contributed by atoms with Crippen molar-refractivity contribution in [1.29, 1.82) is 0 Å². The molecule has 0 spiro atoms. The zero-order valence-corrected chi connectivity index (χ0v) is 13.0. The molecule has 114 valence electrons. The van der Waals surface area contributed by atoms with Crippen molar-refractivity contribution in [3.8, 4) is 0 Å². The highest BCUT2D eigenvalue weighted by atomic mass is 35.5. The smallest absolute Gasteiger partial charge is 0.273 e. The van der Waals surface area contributed by atoms with Crippen molar-refractivity contribution >= 4 is 41.1 Å². The van der Waals surface area contributed by atoms with Crippen molar-refractivity contribution in [2.45, 2.75) is 6.92 Å². The fourth-order valence-corrected chi connectivity index (χ4v) is 2.23. The maximum atomic E-state index is 11.7. The number of furan rings is 1. The lowest BCUT2D eigenvalue weighted by molar-refractivity contribution is -0.117. The summed E-state index contributed by atoms with van der Waals surface area (Å²) in [6.45, 7) is 1.65. The lowest BCUT2D eigenvalue weighted by Gasteiger charge is -2.04. The maximum absolute atomic E-state index is 11.7. The van der Waals surface area contributed by atoms with E-state index in [2.05, 4.69) is 10.9 Å². The molecule has 2 amide bonds. The Hall–Kier alpha value is -2.24. The van der Waals surface area contributed by atoms with E-state index in [4.69, 9.17) is 27.6 Å². The molecular formula is C15H12Cl2N2O3. The molecule has 2 aromatic rings. The van der Waals surface area contributed by atoms with Crippen LogP contribution in [0.25, 0.3) is 6.08 Å². The summed E-state index contributed by atoms with van der Waals surface area (Å²) in [5.41, 5.74) is 5.57. The molecule has 0 aliphatic carbocycles. The number of carbonyl (C=O) groups is 2. The van der Waals surface area contributed by atoms with Crippen molar-refractivity contribution in [3.05, 3.63) is 63.5 Å².